The number of hydrogen-bond acceptors (Lipinski definition) is 6. The van der Waals surface area contributed by atoms with Crippen molar-refractivity contribution in [2.24, 2.45) is 23.5 Å². The van der Waals surface area contributed by atoms with E-state index in [4.69, 9.17) is 10.8 Å². The summed E-state index contributed by atoms with van der Waals surface area (Å²) in [7, 11) is 0. The molecular formula is C18H34N4O6. The lowest BCUT2D eigenvalue weighted by Gasteiger charge is -2.29. The molecule has 0 aliphatic carbocycles. The SMILES string of the molecule is CC(C)C(NC(=O)C(NC(=O)C(NC(=O)C(N)CO)C(C)C)C(C)C)C(=O)O. The van der Waals surface area contributed by atoms with E-state index in [0.717, 1.165) is 0 Å². The van der Waals surface area contributed by atoms with Crippen LogP contribution in [-0.2, 0) is 19.2 Å². The standard InChI is InChI=1S/C18H34N4O6/c1-8(2)12(20-15(24)11(19)7-23)16(25)21-13(9(3)4)17(26)22-14(10(5)6)18(27)28/h8-14,23H,7,19H2,1-6H3,(H,20,24)(H,21,25)(H,22,26)(H,27,28). The maximum absolute atomic E-state index is 12.7. The fourth-order valence-electron chi connectivity index (χ4n) is 2.41. The Bertz CT molecular complexity index is 564. The van der Waals surface area contributed by atoms with Crippen molar-refractivity contribution in [1.82, 2.24) is 16.0 Å². The summed E-state index contributed by atoms with van der Waals surface area (Å²) in [5, 5.41) is 25.7. The lowest BCUT2D eigenvalue weighted by Crippen LogP contribution is -2.60. The number of nitrogens with one attached hydrogen (secondary N) is 3. The highest BCUT2D eigenvalue weighted by atomic mass is 16.4. The molecule has 3 amide bonds. The monoisotopic (exact) mass is 402 g/mol. The van der Waals surface area contributed by atoms with Crippen molar-refractivity contribution in [3.8, 4) is 0 Å². The molecule has 0 radical (unpaired) electrons. The third-order valence-electron chi connectivity index (χ3n) is 4.26. The highest BCUT2D eigenvalue weighted by Gasteiger charge is 2.33. The van der Waals surface area contributed by atoms with Crippen molar-refractivity contribution in [3.05, 3.63) is 0 Å². The number of amides is 3. The zero-order valence-corrected chi connectivity index (χ0v) is 17.4. The van der Waals surface area contributed by atoms with E-state index in [2.05, 4.69) is 16.0 Å². The number of nitrogens with two attached hydrogens (primary N) is 1. The van der Waals surface area contributed by atoms with Gasteiger partial charge in [0.1, 0.15) is 24.2 Å². The summed E-state index contributed by atoms with van der Waals surface area (Å²) in [4.78, 5) is 48.5. The number of aliphatic hydroxyl groups is 1. The Kier molecular flexibility index (Phi) is 10.7. The van der Waals surface area contributed by atoms with E-state index in [-0.39, 0.29) is 17.8 Å². The fraction of sp³-hybridized carbons (Fsp3) is 0.778. The Hall–Kier alpha value is -2.20. The van der Waals surface area contributed by atoms with Crippen LogP contribution < -0.4 is 21.7 Å². The zero-order valence-electron chi connectivity index (χ0n) is 17.4. The Labute approximate surface area is 165 Å². The predicted molar refractivity (Wildman–Crippen MR) is 103 cm³/mol. The number of aliphatic hydroxyl groups excluding tert-OH is 1. The molecule has 0 spiro atoms. The van der Waals surface area contributed by atoms with Crippen LogP contribution in [-0.4, -0.2) is 64.7 Å². The maximum Gasteiger partial charge on any atom is 0.326 e. The topological polar surface area (TPSA) is 171 Å². The summed E-state index contributed by atoms with van der Waals surface area (Å²) in [6.45, 7) is 9.59. The van der Waals surface area contributed by atoms with E-state index in [0.29, 0.717) is 0 Å². The molecule has 0 saturated heterocycles. The molecule has 0 saturated carbocycles. The quantitative estimate of drug-likeness (QED) is 0.252. The number of carboxylic acids is 1. The van der Waals surface area contributed by atoms with Gasteiger partial charge in [-0.1, -0.05) is 41.5 Å². The van der Waals surface area contributed by atoms with Crippen LogP contribution in [0.3, 0.4) is 0 Å². The van der Waals surface area contributed by atoms with Crippen molar-refractivity contribution in [3.63, 3.8) is 0 Å². The Balaban J connectivity index is 5.32. The van der Waals surface area contributed by atoms with Gasteiger partial charge in [-0.05, 0) is 17.8 Å². The van der Waals surface area contributed by atoms with Gasteiger partial charge >= 0.3 is 5.97 Å². The molecule has 0 bridgehead atoms. The lowest BCUT2D eigenvalue weighted by molar-refractivity contribution is -0.144. The molecule has 10 heteroatoms. The van der Waals surface area contributed by atoms with Crippen LogP contribution in [0.5, 0.6) is 0 Å². The average Bonchev–Trinajstić information content (AvgIpc) is 2.59. The maximum atomic E-state index is 12.7. The van der Waals surface area contributed by atoms with E-state index in [9.17, 15) is 24.3 Å². The number of hydrogen-bond donors (Lipinski definition) is 6. The molecule has 4 atom stereocenters. The molecular weight excluding hydrogens is 368 g/mol. The molecule has 162 valence electrons. The summed E-state index contributed by atoms with van der Waals surface area (Å²) in [5.74, 6) is -4.05. The Morgan fingerprint density at radius 2 is 1.04 bits per heavy atom. The van der Waals surface area contributed by atoms with Crippen molar-refractivity contribution >= 4 is 23.7 Å². The minimum Gasteiger partial charge on any atom is -0.480 e. The first-order chi connectivity index (χ1) is 12.8. The second kappa shape index (κ2) is 11.6. The molecule has 10 nitrogen and oxygen atoms in total. The lowest BCUT2D eigenvalue weighted by atomic mass is 9.98. The number of carboxylic acid groups (broad SMARTS) is 1. The van der Waals surface area contributed by atoms with Crippen LogP contribution in [0.2, 0.25) is 0 Å². The van der Waals surface area contributed by atoms with Crippen LogP contribution >= 0.6 is 0 Å². The van der Waals surface area contributed by atoms with E-state index >= 15 is 0 Å². The molecule has 0 aliphatic rings. The molecule has 7 N–H and O–H groups in total. The smallest absolute Gasteiger partial charge is 0.326 e. The first-order valence-electron chi connectivity index (χ1n) is 9.33. The van der Waals surface area contributed by atoms with Gasteiger partial charge in [0, 0.05) is 0 Å². The third-order valence-corrected chi connectivity index (χ3v) is 4.26. The van der Waals surface area contributed by atoms with Crippen molar-refractivity contribution < 1.29 is 29.4 Å². The molecule has 0 fully saturated rings. The Morgan fingerprint density at radius 1 is 0.714 bits per heavy atom. The molecule has 0 aromatic rings. The third kappa shape index (κ3) is 7.81. The molecule has 0 aromatic heterocycles. The number of carbonyl (C=O) groups is 4. The molecule has 0 aromatic carbocycles. The number of aliphatic carboxylic acids is 1. The van der Waals surface area contributed by atoms with Gasteiger partial charge in [0.15, 0.2) is 0 Å². The Morgan fingerprint density at radius 3 is 1.32 bits per heavy atom. The minimum absolute atomic E-state index is 0.312. The van der Waals surface area contributed by atoms with Gasteiger partial charge in [0.25, 0.3) is 0 Å². The summed E-state index contributed by atoms with van der Waals surface area (Å²) >= 11 is 0. The van der Waals surface area contributed by atoms with Gasteiger partial charge in [0.05, 0.1) is 6.61 Å². The minimum atomic E-state index is -1.17. The van der Waals surface area contributed by atoms with Crippen LogP contribution in [0.1, 0.15) is 41.5 Å². The second-order valence-electron chi connectivity index (χ2n) is 7.82. The highest BCUT2D eigenvalue weighted by Crippen LogP contribution is 2.09. The van der Waals surface area contributed by atoms with Crippen LogP contribution in [0, 0.1) is 17.8 Å². The molecule has 28 heavy (non-hydrogen) atoms. The first-order valence-corrected chi connectivity index (χ1v) is 9.33. The average molecular weight is 402 g/mol. The van der Waals surface area contributed by atoms with Gasteiger partial charge in [-0.15, -0.1) is 0 Å². The fourth-order valence-corrected chi connectivity index (χ4v) is 2.41. The van der Waals surface area contributed by atoms with Crippen LogP contribution in [0.25, 0.3) is 0 Å². The normalized spacial score (nSPS) is 15.7. The second-order valence-corrected chi connectivity index (χ2v) is 7.82. The van der Waals surface area contributed by atoms with E-state index in [1.807, 2.05) is 0 Å². The summed E-state index contributed by atoms with van der Waals surface area (Å²) < 4.78 is 0. The molecule has 0 rings (SSSR count). The summed E-state index contributed by atoms with van der Waals surface area (Å²) in [6, 6.07) is -4.22. The van der Waals surface area contributed by atoms with Crippen LogP contribution in [0.15, 0.2) is 0 Å². The van der Waals surface area contributed by atoms with Gasteiger partial charge in [-0.25, -0.2) is 4.79 Å². The van der Waals surface area contributed by atoms with Gasteiger partial charge in [0.2, 0.25) is 17.7 Å². The predicted octanol–water partition coefficient (Wildman–Crippen LogP) is -1.19. The molecule has 0 heterocycles. The van der Waals surface area contributed by atoms with E-state index < -0.39 is 54.5 Å². The van der Waals surface area contributed by atoms with Gasteiger partial charge < -0.3 is 31.9 Å². The van der Waals surface area contributed by atoms with Crippen LogP contribution in [0.4, 0.5) is 0 Å². The highest BCUT2D eigenvalue weighted by molar-refractivity contribution is 5.94. The first kappa shape index (κ1) is 25.8. The zero-order chi connectivity index (χ0) is 22.2. The van der Waals surface area contributed by atoms with Gasteiger partial charge in [-0.2, -0.15) is 0 Å². The van der Waals surface area contributed by atoms with E-state index in [1.54, 1.807) is 41.5 Å². The summed E-state index contributed by atoms with van der Waals surface area (Å²) in [6.07, 6.45) is 0. The number of carbonyl (C=O) groups excluding carboxylic acids is 3. The van der Waals surface area contributed by atoms with E-state index in [1.165, 1.54) is 0 Å². The number of rotatable bonds is 11. The van der Waals surface area contributed by atoms with Crippen molar-refractivity contribution in [1.29, 1.82) is 0 Å². The van der Waals surface area contributed by atoms with Crippen molar-refractivity contribution in [2.45, 2.75) is 65.7 Å². The van der Waals surface area contributed by atoms with Gasteiger partial charge in [-0.3, -0.25) is 14.4 Å². The van der Waals surface area contributed by atoms with Crippen molar-refractivity contribution in [2.75, 3.05) is 6.61 Å². The summed E-state index contributed by atoms with van der Waals surface area (Å²) in [5.41, 5.74) is 5.46. The largest absolute Gasteiger partial charge is 0.480 e. The molecule has 0 aliphatic heterocycles. The molecule has 4 unspecified atom stereocenters.